The van der Waals surface area contributed by atoms with E-state index >= 15 is 0 Å². The number of fused-ring (bicyclic) bond motifs is 3. The zero-order chi connectivity index (χ0) is 17.6. The van der Waals surface area contributed by atoms with E-state index < -0.39 is 5.60 Å². The third-order valence-corrected chi connectivity index (χ3v) is 5.41. The number of likely N-dealkylation sites (tertiary alicyclic amines) is 1. The molecule has 2 aliphatic rings. The predicted octanol–water partition coefficient (Wildman–Crippen LogP) is 3.78. The third-order valence-electron chi connectivity index (χ3n) is 5.41. The van der Waals surface area contributed by atoms with Crippen LogP contribution in [0, 0.1) is 0 Å². The topological polar surface area (TPSA) is 49.8 Å². The van der Waals surface area contributed by atoms with Crippen LogP contribution in [-0.4, -0.2) is 40.9 Å². The molecule has 1 amide bonds. The van der Waals surface area contributed by atoms with Crippen molar-refractivity contribution in [3.05, 3.63) is 59.7 Å². The average molecular weight is 337 g/mol. The third kappa shape index (κ3) is 2.71. The van der Waals surface area contributed by atoms with Crippen LogP contribution in [0.25, 0.3) is 11.1 Å². The molecule has 1 aliphatic carbocycles. The van der Waals surface area contributed by atoms with Crippen molar-refractivity contribution in [2.24, 2.45) is 0 Å². The molecule has 0 saturated carbocycles. The van der Waals surface area contributed by atoms with Crippen molar-refractivity contribution in [1.82, 2.24) is 4.90 Å². The highest BCUT2D eigenvalue weighted by Gasteiger charge is 2.43. The fraction of sp³-hybridized carbons (Fsp3) is 0.381. The van der Waals surface area contributed by atoms with Crippen molar-refractivity contribution in [3.63, 3.8) is 0 Å². The van der Waals surface area contributed by atoms with E-state index in [9.17, 15) is 9.90 Å². The molecule has 1 N–H and O–H groups in total. The number of aliphatic hydroxyl groups is 1. The summed E-state index contributed by atoms with van der Waals surface area (Å²) < 4.78 is 5.64. The molecule has 2 aromatic rings. The van der Waals surface area contributed by atoms with Crippen LogP contribution in [0.5, 0.6) is 0 Å². The molecule has 1 fully saturated rings. The standard InChI is InChI=1S/C21H23NO3/c1-21(2,24)19-11-12-22(19)20(23)25-13-18-16-9-5-3-7-14(16)15-8-4-6-10-17(15)18/h3-10,18-19,24H,11-13H2,1-2H3. The fourth-order valence-electron chi connectivity index (χ4n) is 4.02. The molecule has 4 heteroatoms. The van der Waals surface area contributed by atoms with Crippen LogP contribution >= 0.6 is 0 Å². The highest BCUT2D eigenvalue weighted by Crippen LogP contribution is 2.44. The molecule has 2 aromatic carbocycles. The van der Waals surface area contributed by atoms with Gasteiger partial charge in [0.05, 0.1) is 11.6 Å². The van der Waals surface area contributed by atoms with Crippen LogP contribution in [0.15, 0.2) is 48.5 Å². The van der Waals surface area contributed by atoms with Gasteiger partial charge in [-0.1, -0.05) is 48.5 Å². The zero-order valence-corrected chi connectivity index (χ0v) is 14.6. The molecule has 1 saturated heterocycles. The van der Waals surface area contributed by atoms with Crippen molar-refractivity contribution in [3.8, 4) is 11.1 Å². The molecule has 0 radical (unpaired) electrons. The van der Waals surface area contributed by atoms with Crippen molar-refractivity contribution in [2.45, 2.75) is 37.8 Å². The minimum atomic E-state index is -0.899. The first-order valence-electron chi connectivity index (χ1n) is 8.81. The van der Waals surface area contributed by atoms with E-state index in [1.807, 2.05) is 24.3 Å². The average Bonchev–Trinajstić information content (AvgIpc) is 2.84. The lowest BCUT2D eigenvalue weighted by Gasteiger charge is -2.46. The Hall–Kier alpha value is -2.33. The zero-order valence-electron chi connectivity index (χ0n) is 14.6. The summed E-state index contributed by atoms with van der Waals surface area (Å²) in [7, 11) is 0. The Balaban J connectivity index is 1.51. The number of hydrogen-bond acceptors (Lipinski definition) is 3. The van der Waals surface area contributed by atoms with Crippen LogP contribution in [0.1, 0.15) is 37.3 Å². The van der Waals surface area contributed by atoms with Gasteiger partial charge in [0.15, 0.2) is 0 Å². The highest BCUT2D eigenvalue weighted by atomic mass is 16.6. The summed E-state index contributed by atoms with van der Waals surface area (Å²) in [5.41, 5.74) is 3.96. The van der Waals surface area contributed by atoms with E-state index in [2.05, 4.69) is 24.3 Å². The summed E-state index contributed by atoms with van der Waals surface area (Å²) >= 11 is 0. The van der Waals surface area contributed by atoms with Crippen molar-refractivity contribution in [2.75, 3.05) is 13.2 Å². The Labute approximate surface area is 148 Å². The van der Waals surface area contributed by atoms with Gasteiger partial charge in [0.25, 0.3) is 0 Å². The molecule has 0 spiro atoms. The molecule has 1 heterocycles. The predicted molar refractivity (Wildman–Crippen MR) is 96.5 cm³/mol. The lowest BCUT2D eigenvalue weighted by molar-refractivity contribution is -0.0633. The minimum absolute atomic E-state index is 0.0678. The van der Waals surface area contributed by atoms with Crippen LogP contribution in [-0.2, 0) is 4.74 Å². The van der Waals surface area contributed by atoms with Gasteiger partial charge in [-0.15, -0.1) is 0 Å². The largest absolute Gasteiger partial charge is 0.448 e. The number of rotatable bonds is 3. The Kier molecular flexibility index (Phi) is 3.80. The first-order valence-corrected chi connectivity index (χ1v) is 8.81. The summed E-state index contributed by atoms with van der Waals surface area (Å²) in [5, 5.41) is 10.1. The van der Waals surface area contributed by atoms with Gasteiger partial charge in [-0.3, -0.25) is 0 Å². The molecule has 1 unspecified atom stereocenters. The molecule has 0 bridgehead atoms. The minimum Gasteiger partial charge on any atom is -0.448 e. The summed E-state index contributed by atoms with van der Waals surface area (Å²) in [4.78, 5) is 14.1. The Morgan fingerprint density at radius 3 is 2.16 bits per heavy atom. The van der Waals surface area contributed by atoms with Crippen molar-refractivity contribution < 1.29 is 14.6 Å². The molecule has 0 aromatic heterocycles. The van der Waals surface area contributed by atoms with E-state index in [0.29, 0.717) is 13.2 Å². The molecule has 1 aliphatic heterocycles. The van der Waals surface area contributed by atoms with Crippen LogP contribution in [0.2, 0.25) is 0 Å². The second kappa shape index (κ2) is 5.88. The van der Waals surface area contributed by atoms with E-state index in [4.69, 9.17) is 4.74 Å². The maximum atomic E-state index is 12.5. The lowest BCUT2D eigenvalue weighted by atomic mass is 9.88. The summed E-state index contributed by atoms with van der Waals surface area (Å²) in [6.07, 6.45) is 0.480. The first kappa shape index (κ1) is 16.2. The van der Waals surface area contributed by atoms with E-state index in [0.717, 1.165) is 6.42 Å². The molecule has 4 nitrogen and oxygen atoms in total. The maximum absolute atomic E-state index is 12.5. The van der Waals surface area contributed by atoms with Crippen LogP contribution in [0.3, 0.4) is 0 Å². The van der Waals surface area contributed by atoms with E-state index in [-0.39, 0.29) is 18.1 Å². The van der Waals surface area contributed by atoms with Crippen LogP contribution < -0.4 is 0 Å². The van der Waals surface area contributed by atoms with E-state index in [1.54, 1.807) is 18.7 Å². The SMILES string of the molecule is CC(C)(O)C1CCN1C(=O)OCC1c2ccccc2-c2ccccc21. The molecular formula is C21H23NO3. The Morgan fingerprint density at radius 1 is 1.12 bits per heavy atom. The second-order valence-corrected chi connectivity index (χ2v) is 7.46. The number of ether oxygens (including phenoxy) is 1. The van der Waals surface area contributed by atoms with E-state index in [1.165, 1.54) is 22.3 Å². The molecule has 25 heavy (non-hydrogen) atoms. The number of amides is 1. The summed E-state index contributed by atoms with van der Waals surface area (Å²) in [6.45, 7) is 4.44. The maximum Gasteiger partial charge on any atom is 0.410 e. The van der Waals surface area contributed by atoms with Gasteiger partial charge in [-0.05, 0) is 42.5 Å². The van der Waals surface area contributed by atoms with Gasteiger partial charge in [0.2, 0.25) is 0 Å². The summed E-state index contributed by atoms with van der Waals surface area (Å²) in [6, 6.07) is 16.4. The Bertz CT molecular complexity index is 763. The molecule has 4 rings (SSSR count). The lowest BCUT2D eigenvalue weighted by Crippen LogP contribution is -2.60. The molecule has 130 valence electrons. The molecule has 1 atom stereocenters. The second-order valence-electron chi connectivity index (χ2n) is 7.46. The smallest absolute Gasteiger partial charge is 0.410 e. The number of carbonyl (C=O) groups excluding carboxylic acids is 1. The number of hydrogen-bond donors (Lipinski definition) is 1. The summed E-state index contributed by atoms with van der Waals surface area (Å²) in [5.74, 6) is 0.0678. The number of carbonyl (C=O) groups is 1. The van der Waals surface area contributed by atoms with Gasteiger partial charge in [0.1, 0.15) is 6.61 Å². The van der Waals surface area contributed by atoms with Gasteiger partial charge < -0.3 is 14.7 Å². The van der Waals surface area contributed by atoms with Crippen LogP contribution in [0.4, 0.5) is 4.79 Å². The Morgan fingerprint density at radius 2 is 1.68 bits per heavy atom. The number of benzene rings is 2. The fourth-order valence-corrected chi connectivity index (χ4v) is 4.02. The monoisotopic (exact) mass is 337 g/mol. The van der Waals surface area contributed by atoms with Gasteiger partial charge in [-0.2, -0.15) is 0 Å². The normalized spacial score (nSPS) is 19.2. The highest BCUT2D eigenvalue weighted by molar-refractivity contribution is 5.79. The van der Waals surface area contributed by atoms with Gasteiger partial charge >= 0.3 is 6.09 Å². The van der Waals surface area contributed by atoms with Gasteiger partial charge in [0, 0.05) is 12.5 Å². The van der Waals surface area contributed by atoms with Gasteiger partial charge in [-0.25, -0.2) is 4.79 Å². The first-order chi connectivity index (χ1) is 12.0. The molecular weight excluding hydrogens is 314 g/mol. The van der Waals surface area contributed by atoms with Crippen molar-refractivity contribution >= 4 is 6.09 Å². The quantitative estimate of drug-likeness (QED) is 0.927. The van der Waals surface area contributed by atoms with Crippen molar-refractivity contribution in [1.29, 1.82) is 0 Å². The number of nitrogens with zero attached hydrogens (tertiary/aromatic N) is 1.